The Hall–Kier alpha value is -2.41. The van der Waals surface area contributed by atoms with Crippen LogP contribution in [0.4, 0.5) is 8.78 Å². The molecule has 1 aromatic heterocycles. The van der Waals surface area contributed by atoms with Crippen LogP contribution in [0.1, 0.15) is 12.5 Å². The highest BCUT2D eigenvalue weighted by atomic mass is 19.3. The predicted molar refractivity (Wildman–Crippen MR) is 68.9 cm³/mol. The minimum absolute atomic E-state index is 0.132. The van der Waals surface area contributed by atoms with Crippen molar-refractivity contribution in [3.8, 4) is 28.8 Å². The lowest BCUT2D eigenvalue weighted by Gasteiger charge is -2.05. The van der Waals surface area contributed by atoms with E-state index in [1.165, 1.54) is 12.1 Å². The average molecular weight is 259 g/mol. The molecule has 2 rings (SSSR count). The monoisotopic (exact) mass is 259 g/mol. The van der Waals surface area contributed by atoms with Crippen LogP contribution in [-0.2, 0) is 0 Å². The molecule has 0 atom stereocenters. The van der Waals surface area contributed by atoms with E-state index >= 15 is 0 Å². The molecule has 0 aliphatic carbocycles. The summed E-state index contributed by atoms with van der Waals surface area (Å²) in [4.78, 5) is 4.27. The Morgan fingerprint density at radius 2 is 1.84 bits per heavy atom. The molecule has 0 unspecified atom stereocenters. The Morgan fingerprint density at radius 1 is 1.11 bits per heavy atom. The average Bonchev–Trinajstić information content (AvgIpc) is 2.40. The number of aromatic nitrogens is 1. The first kappa shape index (κ1) is 13.0. The SMILES string of the molecule is CC#Cc1ccc(-c2ccc(OC(F)F)cc2)nc1. The Bertz CT molecular complexity index is 595. The van der Waals surface area contributed by atoms with Crippen LogP contribution in [0.3, 0.4) is 0 Å². The molecular formula is C15H11F2NO. The lowest BCUT2D eigenvalue weighted by molar-refractivity contribution is -0.0498. The van der Waals surface area contributed by atoms with Gasteiger partial charge in [-0.1, -0.05) is 5.92 Å². The Morgan fingerprint density at radius 3 is 2.37 bits per heavy atom. The van der Waals surface area contributed by atoms with Crippen molar-refractivity contribution in [2.24, 2.45) is 0 Å². The van der Waals surface area contributed by atoms with Gasteiger partial charge < -0.3 is 4.74 Å². The van der Waals surface area contributed by atoms with Crippen LogP contribution < -0.4 is 4.74 Å². The lowest BCUT2D eigenvalue weighted by atomic mass is 10.1. The van der Waals surface area contributed by atoms with Crippen molar-refractivity contribution in [1.82, 2.24) is 4.98 Å². The molecule has 96 valence electrons. The number of rotatable bonds is 3. The van der Waals surface area contributed by atoms with E-state index in [9.17, 15) is 8.78 Å². The Balaban J connectivity index is 2.19. The zero-order chi connectivity index (χ0) is 13.7. The molecule has 0 fully saturated rings. The van der Waals surface area contributed by atoms with Crippen LogP contribution in [0.5, 0.6) is 5.75 Å². The number of hydrogen-bond donors (Lipinski definition) is 0. The third-order valence-corrected chi connectivity index (χ3v) is 2.41. The van der Waals surface area contributed by atoms with Gasteiger partial charge >= 0.3 is 6.61 Å². The number of nitrogens with zero attached hydrogens (tertiary/aromatic N) is 1. The van der Waals surface area contributed by atoms with Crippen molar-refractivity contribution in [3.05, 3.63) is 48.2 Å². The standard InChI is InChI=1S/C15H11F2NO/c1-2-3-11-4-9-14(18-10-11)12-5-7-13(8-6-12)19-15(16)17/h4-10,15H,1H3. The maximum Gasteiger partial charge on any atom is 0.387 e. The van der Waals surface area contributed by atoms with Gasteiger partial charge in [0.05, 0.1) is 5.69 Å². The Kier molecular flexibility index (Phi) is 4.09. The molecule has 19 heavy (non-hydrogen) atoms. The first-order chi connectivity index (χ1) is 9.19. The predicted octanol–water partition coefficient (Wildman–Crippen LogP) is 3.72. The molecule has 1 aromatic carbocycles. The summed E-state index contributed by atoms with van der Waals surface area (Å²) >= 11 is 0. The number of hydrogen-bond acceptors (Lipinski definition) is 2. The molecule has 0 saturated heterocycles. The van der Waals surface area contributed by atoms with E-state index < -0.39 is 6.61 Å². The largest absolute Gasteiger partial charge is 0.435 e. The molecule has 0 bridgehead atoms. The molecule has 0 radical (unpaired) electrons. The Labute approximate surface area is 110 Å². The maximum absolute atomic E-state index is 12.0. The van der Waals surface area contributed by atoms with E-state index in [2.05, 4.69) is 21.6 Å². The smallest absolute Gasteiger partial charge is 0.387 e. The second kappa shape index (κ2) is 5.96. The third-order valence-electron chi connectivity index (χ3n) is 2.41. The number of benzene rings is 1. The molecule has 1 heterocycles. The van der Waals surface area contributed by atoms with Gasteiger partial charge in [-0.3, -0.25) is 4.98 Å². The zero-order valence-electron chi connectivity index (χ0n) is 10.2. The molecule has 2 nitrogen and oxygen atoms in total. The summed E-state index contributed by atoms with van der Waals surface area (Å²) in [7, 11) is 0. The van der Waals surface area contributed by atoms with Gasteiger partial charge in [0, 0.05) is 17.3 Å². The fourth-order valence-corrected chi connectivity index (χ4v) is 1.59. The van der Waals surface area contributed by atoms with Crippen molar-refractivity contribution in [3.63, 3.8) is 0 Å². The number of ether oxygens (including phenoxy) is 1. The molecule has 0 amide bonds. The maximum atomic E-state index is 12.0. The van der Waals surface area contributed by atoms with Gasteiger partial charge in [-0.15, -0.1) is 5.92 Å². The van der Waals surface area contributed by atoms with Crippen molar-refractivity contribution < 1.29 is 13.5 Å². The summed E-state index contributed by atoms with van der Waals surface area (Å²) in [5.41, 5.74) is 2.42. The van der Waals surface area contributed by atoms with Gasteiger partial charge in [0.1, 0.15) is 5.75 Å². The second-order valence-corrected chi connectivity index (χ2v) is 3.71. The summed E-state index contributed by atoms with van der Waals surface area (Å²) < 4.78 is 28.3. The molecule has 0 spiro atoms. The molecule has 0 aliphatic rings. The van der Waals surface area contributed by atoms with Gasteiger partial charge in [0.25, 0.3) is 0 Å². The minimum atomic E-state index is -2.81. The topological polar surface area (TPSA) is 22.1 Å². The second-order valence-electron chi connectivity index (χ2n) is 3.71. The van der Waals surface area contributed by atoms with E-state index in [4.69, 9.17) is 0 Å². The van der Waals surface area contributed by atoms with Crippen LogP contribution in [-0.4, -0.2) is 11.6 Å². The van der Waals surface area contributed by atoms with E-state index in [1.807, 2.05) is 12.1 Å². The third kappa shape index (κ3) is 3.52. The molecule has 0 N–H and O–H groups in total. The van der Waals surface area contributed by atoms with Crippen LogP contribution in [0.15, 0.2) is 42.6 Å². The van der Waals surface area contributed by atoms with Crippen LogP contribution in [0.2, 0.25) is 0 Å². The van der Waals surface area contributed by atoms with Crippen LogP contribution >= 0.6 is 0 Å². The fourth-order valence-electron chi connectivity index (χ4n) is 1.59. The molecule has 0 aliphatic heterocycles. The van der Waals surface area contributed by atoms with Crippen LogP contribution in [0.25, 0.3) is 11.3 Å². The number of pyridine rings is 1. The number of alkyl halides is 2. The highest BCUT2D eigenvalue weighted by molar-refractivity contribution is 5.60. The van der Waals surface area contributed by atoms with Crippen molar-refractivity contribution >= 4 is 0 Å². The number of halogens is 2. The highest BCUT2D eigenvalue weighted by Gasteiger charge is 2.04. The quantitative estimate of drug-likeness (QED) is 0.784. The normalized spacial score (nSPS) is 9.89. The summed E-state index contributed by atoms with van der Waals surface area (Å²) in [5.74, 6) is 5.82. The van der Waals surface area contributed by atoms with Gasteiger partial charge in [-0.2, -0.15) is 8.78 Å². The van der Waals surface area contributed by atoms with Crippen molar-refractivity contribution in [2.75, 3.05) is 0 Å². The van der Waals surface area contributed by atoms with E-state index in [0.29, 0.717) is 0 Å². The van der Waals surface area contributed by atoms with E-state index in [-0.39, 0.29) is 5.75 Å². The summed E-state index contributed by atoms with van der Waals surface area (Å²) in [6, 6.07) is 10.0. The van der Waals surface area contributed by atoms with Crippen molar-refractivity contribution in [2.45, 2.75) is 13.5 Å². The summed E-state index contributed by atoms with van der Waals surface area (Å²) in [5, 5.41) is 0. The highest BCUT2D eigenvalue weighted by Crippen LogP contribution is 2.21. The van der Waals surface area contributed by atoms with Crippen molar-refractivity contribution in [1.29, 1.82) is 0 Å². The first-order valence-electron chi connectivity index (χ1n) is 5.63. The van der Waals surface area contributed by atoms with E-state index in [0.717, 1.165) is 16.8 Å². The van der Waals surface area contributed by atoms with Gasteiger partial charge in [0.2, 0.25) is 0 Å². The lowest BCUT2D eigenvalue weighted by Crippen LogP contribution is -2.01. The summed E-state index contributed by atoms with van der Waals surface area (Å²) in [6.07, 6.45) is 1.68. The van der Waals surface area contributed by atoms with E-state index in [1.54, 1.807) is 25.3 Å². The zero-order valence-corrected chi connectivity index (χ0v) is 10.2. The molecule has 2 aromatic rings. The van der Waals surface area contributed by atoms with Crippen LogP contribution in [0, 0.1) is 11.8 Å². The molecule has 0 saturated carbocycles. The fraction of sp³-hybridized carbons (Fsp3) is 0.133. The van der Waals surface area contributed by atoms with Gasteiger partial charge in [0.15, 0.2) is 0 Å². The molecular weight excluding hydrogens is 248 g/mol. The summed E-state index contributed by atoms with van der Waals surface area (Å²) in [6.45, 7) is -1.05. The van der Waals surface area contributed by atoms with Gasteiger partial charge in [-0.25, -0.2) is 0 Å². The molecule has 4 heteroatoms. The first-order valence-corrected chi connectivity index (χ1v) is 5.63. The van der Waals surface area contributed by atoms with Gasteiger partial charge in [-0.05, 0) is 43.3 Å². The minimum Gasteiger partial charge on any atom is -0.435 e.